The van der Waals surface area contributed by atoms with Crippen molar-refractivity contribution >= 4 is 11.8 Å². The highest BCUT2D eigenvalue weighted by Gasteiger charge is 2.26. The third-order valence-electron chi connectivity index (χ3n) is 4.45. The first-order valence-corrected chi connectivity index (χ1v) is 9.66. The molecule has 0 aliphatic rings. The first kappa shape index (κ1) is 21.0. The number of hydrogen-bond acceptors (Lipinski definition) is 3. The highest BCUT2D eigenvalue weighted by atomic mass is 16.2. The van der Waals surface area contributed by atoms with E-state index >= 15 is 0 Å². The normalized spacial score (nSPS) is 13.5. The topological polar surface area (TPSA) is 76.8 Å². The molecule has 7 heteroatoms. The van der Waals surface area contributed by atoms with Crippen LogP contribution in [0.25, 0.3) is 0 Å². The predicted molar refractivity (Wildman–Crippen MR) is 109 cm³/mol. The van der Waals surface area contributed by atoms with Crippen LogP contribution in [0, 0.1) is 0 Å². The highest BCUT2D eigenvalue weighted by molar-refractivity contribution is 5.88. The van der Waals surface area contributed by atoms with E-state index in [0.29, 0.717) is 5.82 Å². The molecular weight excluding hydrogens is 340 g/mol. The number of anilines is 1. The zero-order chi connectivity index (χ0) is 20.4. The Labute approximate surface area is 162 Å². The largest absolute Gasteiger partial charge is 0.331 e. The first-order chi connectivity index (χ1) is 12.5. The zero-order valence-electron chi connectivity index (χ0n) is 17.9. The van der Waals surface area contributed by atoms with Crippen LogP contribution in [0.4, 0.5) is 10.6 Å². The second-order valence-electron chi connectivity index (χ2n) is 8.94. The Bertz CT molecular complexity index is 775. The molecule has 2 aromatic rings. The molecular formula is C20H34N6O. The maximum Gasteiger partial charge on any atom is 0.320 e. The maximum atomic E-state index is 12.7. The van der Waals surface area contributed by atoms with Gasteiger partial charge in [-0.3, -0.25) is 10.00 Å². The van der Waals surface area contributed by atoms with Crippen molar-refractivity contribution in [2.45, 2.75) is 85.4 Å². The smallest absolute Gasteiger partial charge is 0.320 e. The molecule has 0 saturated heterocycles. The van der Waals surface area contributed by atoms with Crippen LogP contribution in [0.15, 0.2) is 18.5 Å². The minimum absolute atomic E-state index is 0.0848. The van der Waals surface area contributed by atoms with Crippen molar-refractivity contribution in [2.75, 3.05) is 5.32 Å². The van der Waals surface area contributed by atoms with Crippen LogP contribution in [-0.4, -0.2) is 25.6 Å². The van der Waals surface area contributed by atoms with E-state index in [1.807, 2.05) is 41.7 Å². The summed E-state index contributed by atoms with van der Waals surface area (Å²) in [6.07, 6.45) is 4.58. The van der Waals surface area contributed by atoms with Crippen LogP contribution in [0.2, 0.25) is 0 Å². The lowest BCUT2D eigenvalue weighted by Crippen LogP contribution is -2.34. The maximum absolute atomic E-state index is 12.7. The van der Waals surface area contributed by atoms with Gasteiger partial charge in [0.1, 0.15) is 5.82 Å². The first-order valence-electron chi connectivity index (χ1n) is 9.66. The third-order valence-corrected chi connectivity index (χ3v) is 4.45. The standard InChI is InChI=1S/C20H34N6O/c1-9-15(14-12-21-25(10-2)13-14)22-18(27)23-17-11-16(19(3,4)5)24-26(17)20(6,7)8/h11-13,15H,9-10H2,1-8H3,(H2,22,23,27). The number of aromatic nitrogens is 4. The molecule has 2 rings (SSSR count). The van der Waals surface area contributed by atoms with E-state index in [4.69, 9.17) is 5.10 Å². The number of amides is 2. The Morgan fingerprint density at radius 2 is 1.85 bits per heavy atom. The van der Waals surface area contributed by atoms with E-state index in [9.17, 15) is 4.79 Å². The van der Waals surface area contributed by atoms with E-state index < -0.39 is 0 Å². The Kier molecular flexibility index (Phi) is 6.02. The molecule has 0 radical (unpaired) electrons. The zero-order valence-corrected chi connectivity index (χ0v) is 17.9. The number of hydrogen-bond donors (Lipinski definition) is 2. The van der Waals surface area contributed by atoms with Crippen molar-refractivity contribution < 1.29 is 4.79 Å². The molecule has 0 aromatic carbocycles. The molecule has 150 valence electrons. The summed E-state index contributed by atoms with van der Waals surface area (Å²) in [6, 6.07) is 1.64. The summed E-state index contributed by atoms with van der Waals surface area (Å²) in [4.78, 5) is 12.7. The van der Waals surface area contributed by atoms with Crippen molar-refractivity contribution in [3.63, 3.8) is 0 Å². The number of carbonyl (C=O) groups excluding carboxylic acids is 1. The summed E-state index contributed by atoms with van der Waals surface area (Å²) in [5.74, 6) is 0.698. The van der Waals surface area contributed by atoms with Gasteiger partial charge in [0.15, 0.2) is 0 Å². The van der Waals surface area contributed by atoms with Crippen molar-refractivity contribution in [1.82, 2.24) is 24.9 Å². The van der Waals surface area contributed by atoms with Crippen molar-refractivity contribution in [2.24, 2.45) is 0 Å². The minimum Gasteiger partial charge on any atom is -0.331 e. The van der Waals surface area contributed by atoms with E-state index in [1.54, 1.807) is 0 Å². The van der Waals surface area contributed by atoms with Gasteiger partial charge in [-0.05, 0) is 34.1 Å². The summed E-state index contributed by atoms with van der Waals surface area (Å²) in [6.45, 7) is 17.5. The lowest BCUT2D eigenvalue weighted by molar-refractivity contribution is 0.247. The molecule has 0 spiro atoms. The number of aryl methyl sites for hydroxylation is 1. The molecule has 0 bridgehead atoms. The van der Waals surface area contributed by atoms with Gasteiger partial charge in [0.2, 0.25) is 0 Å². The Hall–Kier alpha value is -2.31. The van der Waals surface area contributed by atoms with E-state index in [0.717, 1.165) is 24.2 Å². The van der Waals surface area contributed by atoms with Gasteiger partial charge in [-0.15, -0.1) is 0 Å². The third kappa shape index (κ3) is 5.11. The summed E-state index contributed by atoms with van der Waals surface area (Å²) >= 11 is 0. The number of nitrogens with zero attached hydrogens (tertiary/aromatic N) is 4. The van der Waals surface area contributed by atoms with Crippen molar-refractivity contribution in [3.05, 3.63) is 29.7 Å². The van der Waals surface area contributed by atoms with Gasteiger partial charge in [0, 0.05) is 29.8 Å². The second-order valence-corrected chi connectivity index (χ2v) is 8.94. The van der Waals surface area contributed by atoms with Crippen LogP contribution in [0.1, 0.15) is 79.1 Å². The molecule has 7 nitrogen and oxygen atoms in total. The van der Waals surface area contributed by atoms with Crippen LogP contribution in [-0.2, 0) is 17.5 Å². The van der Waals surface area contributed by atoms with Gasteiger partial charge >= 0.3 is 6.03 Å². The van der Waals surface area contributed by atoms with Gasteiger partial charge in [0.05, 0.1) is 23.5 Å². The van der Waals surface area contributed by atoms with Gasteiger partial charge < -0.3 is 5.32 Å². The highest BCUT2D eigenvalue weighted by Crippen LogP contribution is 2.28. The lowest BCUT2D eigenvalue weighted by atomic mass is 9.92. The van der Waals surface area contributed by atoms with Gasteiger partial charge in [0.25, 0.3) is 0 Å². The minimum atomic E-state index is -0.239. The van der Waals surface area contributed by atoms with Gasteiger partial charge in [-0.1, -0.05) is 27.7 Å². The fraction of sp³-hybridized carbons (Fsp3) is 0.650. The summed E-state index contributed by atoms with van der Waals surface area (Å²) in [5.41, 5.74) is 1.63. The van der Waals surface area contributed by atoms with Crippen molar-refractivity contribution in [3.8, 4) is 0 Å². The van der Waals surface area contributed by atoms with Crippen LogP contribution in [0.5, 0.6) is 0 Å². The summed E-state index contributed by atoms with van der Waals surface area (Å²) < 4.78 is 3.74. The molecule has 2 heterocycles. The Morgan fingerprint density at radius 3 is 2.33 bits per heavy atom. The lowest BCUT2D eigenvalue weighted by Gasteiger charge is -2.23. The summed E-state index contributed by atoms with van der Waals surface area (Å²) in [7, 11) is 0. The Balaban J connectivity index is 2.20. The average Bonchev–Trinajstić information content (AvgIpc) is 3.18. The molecule has 1 unspecified atom stereocenters. The second kappa shape index (κ2) is 7.74. The fourth-order valence-electron chi connectivity index (χ4n) is 2.81. The molecule has 0 saturated carbocycles. The molecule has 2 amide bonds. The van der Waals surface area contributed by atoms with Gasteiger partial charge in [-0.2, -0.15) is 10.2 Å². The molecule has 0 aliphatic carbocycles. The van der Waals surface area contributed by atoms with Gasteiger partial charge in [-0.25, -0.2) is 9.48 Å². The number of rotatable bonds is 5. The number of carbonyl (C=O) groups is 1. The molecule has 1 atom stereocenters. The average molecular weight is 375 g/mol. The molecule has 27 heavy (non-hydrogen) atoms. The molecule has 0 fully saturated rings. The van der Waals surface area contributed by atoms with E-state index in [1.165, 1.54) is 0 Å². The quantitative estimate of drug-likeness (QED) is 0.813. The van der Waals surface area contributed by atoms with E-state index in [-0.39, 0.29) is 23.0 Å². The monoisotopic (exact) mass is 374 g/mol. The molecule has 2 aromatic heterocycles. The Morgan fingerprint density at radius 1 is 1.19 bits per heavy atom. The predicted octanol–water partition coefficient (Wildman–Crippen LogP) is 4.42. The number of urea groups is 1. The van der Waals surface area contributed by atoms with Crippen LogP contribution >= 0.6 is 0 Å². The van der Waals surface area contributed by atoms with Crippen molar-refractivity contribution in [1.29, 1.82) is 0 Å². The van der Waals surface area contributed by atoms with Crippen LogP contribution < -0.4 is 10.6 Å². The SMILES string of the molecule is CCC(NC(=O)Nc1cc(C(C)(C)C)nn1C(C)(C)C)c1cnn(CC)c1. The fourth-order valence-corrected chi connectivity index (χ4v) is 2.81. The van der Waals surface area contributed by atoms with E-state index in [2.05, 4.69) is 57.3 Å². The molecule has 2 N–H and O–H groups in total. The van der Waals surface area contributed by atoms with Crippen LogP contribution in [0.3, 0.4) is 0 Å². The number of nitrogens with one attached hydrogen (secondary N) is 2. The summed E-state index contributed by atoms with van der Waals surface area (Å²) in [5, 5.41) is 15.1. The molecule has 0 aliphatic heterocycles.